The van der Waals surface area contributed by atoms with Crippen molar-refractivity contribution in [1.29, 1.82) is 0 Å². The maximum Gasteiger partial charge on any atom is 0.251 e. The number of carbonyl (C=O) groups is 2. The van der Waals surface area contributed by atoms with Gasteiger partial charge < -0.3 is 14.8 Å². The Morgan fingerprint density at radius 1 is 1.00 bits per heavy atom. The van der Waals surface area contributed by atoms with E-state index in [1.807, 2.05) is 18.2 Å². The summed E-state index contributed by atoms with van der Waals surface area (Å²) < 4.78 is 10.9. The van der Waals surface area contributed by atoms with Crippen LogP contribution in [0.5, 0.6) is 11.5 Å². The summed E-state index contributed by atoms with van der Waals surface area (Å²) >= 11 is 12.1. The summed E-state index contributed by atoms with van der Waals surface area (Å²) in [4.78, 5) is 24.2. The maximum absolute atomic E-state index is 12.1. The standard InChI is InChI=1S/C25H23Cl2N3O4/c1-33-22-8-5-18(6-9-22)25(32)28-12-11-24(31)30-29-15-19-14-21(27)7-10-23(19)34-16-17-3-2-4-20(26)13-17/h2-10,13-15H,11-12,16H2,1H3,(H,28,32)(H,30,31). The SMILES string of the molecule is COc1ccc(C(=O)NCCC(=O)NN=Cc2cc(Cl)ccc2OCc2cccc(Cl)c2)cc1. The fraction of sp³-hybridized carbons (Fsp3) is 0.160. The van der Waals surface area contributed by atoms with E-state index < -0.39 is 0 Å². The van der Waals surface area contributed by atoms with E-state index in [0.717, 1.165) is 5.56 Å². The molecule has 2 amide bonds. The molecule has 3 aromatic rings. The predicted molar refractivity (Wildman–Crippen MR) is 133 cm³/mol. The Labute approximate surface area is 207 Å². The Morgan fingerprint density at radius 2 is 1.76 bits per heavy atom. The Balaban J connectivity index is 1.48. The van der Waals surface area contributed by atoms with Crippen LogP contribution in [-0.4, -0.2) is 31.7 Å². The average molecular weight is 500 g/mol. The zero-order valence-corrected chi connectivity index (χ0v) is 19.9. The first-order chi connectivity index (χ1) is 16.4. The molecule has 0 saturated heterocycles. The molecule has 0 radical (unpaired) electrons. The monoisotopic (exact) mass is 499 g/mol. The van der Waals surface area contributed by atoms with E-state index in [1.54, 1.807) is 55.6 Å². The highest BCUT2D eigenvalue weighted by Crippen LogP contribution is 2.23. The van der Waals surface area contributed by atoms with Gasteiger partial charge in [-0.25, -0.2) is 5.43 Å². The minimum Gasteiger partial charge on any atom is -0.497 e. The summed E-state index contributed by atoms with van der Waals surface area (Å²) in [5, 5.41) is 7.80. The average Bonchev–Trinajstić information content (AvgIpc) is 2.83. The molecule has 34 heavy (non-hydrogen) atoms. The van der Waals surface area contributed by atoms with Crippen molar-refractivity contribution in [2.24, 2.45) is 5.10 Å². The smallest absolute Gasteiger partial charge is 0.251 e. The molecular weight excluding hydrogens is 477 g/mol. The molecular formula is C25H23Cl2N3O4. The Kier molecular flexibility index (Phi) is 9.31. The summed E-state index contributed by atoms with van der Waals surface area (Å²) in [6.45, 7) is 0.473. The summed E-state index contributed by atoms with van der Waals surface area (Å²) in [5.74, 6) is 0.578. The Bertz CT molecular complexity index is 1170. The number of amides is 2. The van der Waals surface area contributed by atoms with Crippen molar-refractivity contribution in [3.05, 3.63) is 93.5 Å². The van der Waals surface area contributed by atoms with E-state index in [-0.39, 0.29) is 24.8 Å². The molecule has 0 aromatic heterocycles. The van der Waals surface area contributed by atoms with Gasteiger partial charge in [0.15, 0.2) is 0 Å². The lowest BCUT2D eigenvalue weighted by molar-refractivity contribution is -0.120. The van der Waals surface area contributed by atoms with Crippen LogP contribution < -0.4 is 20.2 Å². The molecule has 3 aromatic carbocycles. The van der Waals surface area contributed by atoms with Crippen molar-refractivity contribution in [2.45, 2.75) is 13.0 Å². The number of rotatable bonds is 10. The lowest BCUT2D eigenvalue weighted by Crippen LogP contribution is -2.29. The molecule has 0 aliphatic heterocycles. The van der Waals surface area contributed by atoms with Crippen molar-refractivity contribution in [1.82, 2.24) is 10.7 Å². The van der Waals surface area contributed by atoms with Gasteiger partial charge in [0.1, 0.15) is 18.1 Å². The predicted octanol–water partition coefficient (Wildman–Crippen LogP) is 4.85. The molecule has 0 saturated carbocycles. The zero-order valence-electron chi connectivity index (χ0n) is 18.4. The van der Waals surface area contributed by atoms with Gasteiger partial charge in [0.05, 0.1) is 13.3 Å². The largest absolute Gasteiger partial charge is 0.497 e. The van der Waals surface area contributed by atoms with E-state index >= 15 is 0 Å². The highest BCUT2D eigenvalue weighted by molar-refractivity contribution is 6.31. The first-order valence-corrected chi connectivity index (χ1v) is 11.1. The highest BCUT2D eigenvalue weighted by atomic mass is 35.5. The fourth-order valence-electron chi connectivity index (χ4n) is 2.90. The summed E-state index contributed by atoms with van der Waals surface area (Å²) in [6.07, 6.45) is 1.51. The number of halogens is 2. The van der Waals surface area contributed by atoms with E-state index in [2.05, 4.69) is 15.8 Å². The lowest BCUT2D eigenvalue weighted by atomic mass is 10.2. The first-order valence-electron chi connectivity index (χ1n) is 10.4. The minimum absolute atomic E-state index is 0.0624. The van der Waals surface area contributed by atoms with Crippen LogP contribution in [0.4, 0.5) is 0 Å². The number of carbonyl (C=O) groups excluding carboxylic acids is 2. The van der Waals surface area contributed by atoms with Crippen LogP contribution in [0.3, 0.4) is 0 Å². The van der Waals surface area contributed by atoms with Gasteiger partial charge >= 0.3 is 0 Å². The van der Waals surface area contributed by atoms with Gasteiger partial charge in [-0.15, -0.1) is 0 Å². The number of ether oxygens (including phenoxy) is 2. The molecule has 0 aliphatic rings. The van der Waals surface area contributed by atoms with Crippen LogP contribution >= 0.6 is 23.2 Å². The van der Waals surface area contributed by atoms with Crippen LogP contribution in [0.25, 0.3) is 0 Å². The second-order valence-electron chi connectivity index (χ2n) is 7.13. The number of hydrogen-bond donors (Lipinski definition) is 2. The number of nitrogens with one attached hydrogen (secondary N) is 2. The fourth-order valence-corrected chi connectivity index (χ4v) is 3.30. The normalized spacial score (nSPS) is 10.7. The van der Waals surface area contributed by atoms with Gasteiger partial charge in [-0.3, -0.25) is 9.59 Å². The molecule has 0 atom stereocenters. The number of benzene rings is 3. The molecule has 3 rings (SSSR count). The molecule has 0 bridgehead atoms. The zero-order chi connectivity index (χ0) is 24.3. The van der Waals surface area contributed by atoms with Gasteiger partial charge in [-0.05, 0) is 60.2 Å². The highest BCUT2D eigenvalue weighted by Gasteiger charge is 2.08. The van der Waals surface area contributed by atoms with Crippen LogP contribution in [0.2, 0.25) is 10.0 Å². The molecule has 0 fully saturated rings. The molecule has 0 unspecified atom stereocenters. The minimum atomic E-state index is -0.352. The third-order valence-electron chi connectivity index (χ3n) is 4.64. The van der Waals surface area contributed by atoms with Crippen molar-refractivity contribution < 1.29 is 19.1 Å². The maximum atomic E-state index is 12.1. The number of nitrogens with zero attached hydrogens (tertiary/aromatic N) is 1. The second kappa shape index (κ2) is 12.6. The Morgan fingerprint density at radius 3 is 2.50 bits per heavy atom. The number of methoxy groups -OCH3 is 1. The van der Waals surface area contributed by atoms with Crippen LogP contribution in [0.1, 0.15) is 27.9 Å². The van der Waals surface area contributed by atoms with Crippen molar-refractivity contribution >= 4 is 41.2 Å². The van der Waals surface area contributed by atoms with Crippen LogP contribution in [-0.2, 0) is 11.4 Å². The van der Waals surface area contributed by atoms with Crippen molar-refractivity contribution in [3.8, 4) is 11.5 Å². The molecule has 176 valence electrons. The summed E-state index contributed by atoms with van der Waals surface area (Å²) in [5.41, 5.74) is 4.42. The van der Waals surface area contributed by atoms with Gasteiger partial charge in [0.25, 0.3) is 5.91 Å². The number of hydrogen-bond acceptors (Lipinski definition) is 5. The molecule has 0 heterocycles. The molecule has 7 nitrogen and oxygen atoms in total. The van der Waals surface area contributed by atoms with Gasteiger partial charge in [0.2, 0.25) is 5.91 Å². The van der Waals surface area contributed by atoms with Crippen molar-refractivity contribution in [3.63, 3.8) is 0 Å². The van der Waals surface area contributed by atoms with E-state index in [0.29, 0.717) is 39.3 Å². The summed E-state index contributed by atoms with van der Waals surface area (Å²) in [7, 11) is 1.55. The number of hydrazone groups is 1. The third kappa shape index (κ3) is 7.79. The van der Waals surface area contributed by atoms with E-state index in [1.165, 1.54) is 6.21 Å². The van der Waals surface area contributed by atoms with Gasteiger partial charge in [-0.1, -0.05) is 35.3 Å². The quantitative estimate of drug-likeness (QED) is 0.308. The van der Waals surface area contributed by atoms with Crippen LogP contribution in [0, 0.1) is 0 Å². The third-order valence-corrected chi connectivity index (χ3v) is 5.11. The van der Waals surface area contributed by atoms with Gasteiger partial charge in [0, 0.05) is 34.1 Å². The van der Waals surface area contributed by atoms with Crippen molar-refractivity contribution in [2.75, 3.05) is 13.7 Å². The molecule has 0 aliphatic carbocycles. The van der Waals surface area contributed by atoms with Crippen LogP contribution in [0.15, 0.2) is 71.8 Å². The topological polar surface area (TPSA) is 89.0 Å². The summed E-state index contributed by atoms with van der Waals surface area (Å²) in [6, 6.07) is 19.2. The molecule has 0 spiro atoms. The Hall–Kier alpha value is -3.55. The van der Waals surface area contributed by atoms with E-state index in [9.17, 15) is 9.59 Å². The van der Waals surface area contributed by atoms with Gasteiger partial charge in [-0.2, -0.15) is 5.10 Å². The van der Waals surface area contributed by atoms with E-state index in [4.69, 9.17) is 32.7 Å². The lowest BCUT2D eigenvalue weighted by Gasteiger charge is -2.10. The first kappa shape index (κ1) is 25.1. The second-order valence-corrected chi connectivity index (χ2v) is 8.00. The molecule has 2 N–H and O–H groups in total. The molecule has 9 heteroatoms.